The summed E-state index contributed by atoms with van der Waals surface area (Å²) in [6, 6.07) is 4.51. The predicted octanol–water partition coefficient (Wildman–Crippen LogP) is 1.69. The Morgan fingerprint density at radius 2 is 2.31 bits per heavy atom. The van der Waals surface area contributed by atoms with E-state index in [1.807, 2.05) is 18.3 Å². The average Bonchev–Trinajstić information content (AvgIpc) is 3.07. The summed E-state index contributed by atoms with van der Waals surface area (Å²) >= 11 is 0. The van der Waals surface area contributed by atoms with Gasteiger partial charge in [0.15, 0.2) is 5.65 Å². The Kier molecular flexibility index (Phi) is 2.36. The van der Waals surface area contributed by atoms with Gasteiger partial charge in [0.2, 0.25) is 0 Å². The molecule has 0 spiro atoms. The fraction of sp³-hybridized carbons (Fsp3) is 0.500. The van der Waals surface area contributed by atoms with Crippen LogP contribution in [0, 0.1) is 0 Å². The van der Waals surface area contributed by atoms with E-state index in [1.54, 1.807) is 0 Å². The summed E-state index contributed by atoms with van der Waals surface area (Å²) in [5, 5.41) is 8.89. The Balaban J connectivity index is 2.07. The maximum atomic E-state index is 8.89. The fourth-order valence-electron chi connectivity index (χ4n) is 2.11. The van der Waals surface area contributed by atoms with Crippen LogP contribution in [0.1, 0.15) is 31.1 Å². The number of hydrogen-bond donors (Lipinski definition) is 1. The van der Waals surface area contributed by atoms with Gasteiger partial charge < -0.3 is 9.67 Å². The molecule has 16 heavy (non-hydrogen) atoms. The van der Waals surface area contributed by atoms with E-state index in [1.165, 1.54) is 12.8 Å². The molecule has 0 bridgehead atoms. The smallest absolute Gasteiger partial charge is 0.160 e. The molecule has 0 aromatic carbocycles. The molecule has 0 unspecified atom stereocenters. The molecule has 1 N–H and O–H groups in total. The number of pyridine rings is 1. The van der Waals surface area contributed by atoms with Crippen molar-refractivity contribution >= 4 is 11.2 Å². The van der Waals surface area contributed by atoms with E-state index in [-0.39, 0.29) is 6.61 Å². The van der Waals surface area contributed by atoms with E-state index in [9.17, 15) is 0 Å². The van der Waals surface area contributed by atoms with Gasteiger partial charge in [-0.3, -0.25) is 0 Å². The lowest BCUT2D eigenvalue weighted by Gasteiger charge is -2.05. The second-order valence-corrected chi connectivity index (χ2v) is 4.30. The summed E-state index contributed by atoms with van der Waals surface area (Å²) in [6.45, 7) is 0.224. The zero-order valence-electron chi connectivity index (χ0n) is 9.13. The number of nitrogens with zero attached hydrogens (tertiary/aromatic N) is 3. The van der Waals surface area contributed by atoms with Crippen LogP contribution in [0.2, 0.25) is 0 Å². The third-order valence-corrected chi connectivity index (χ3v) is 2.99. The van der Waals surface area contributed by atoms with E-state index in [4.69, 9.17) is 5.11 Å². The molecule has 2 aromatic heterocycles. The Hall–Kier alpha value is -1.42. The number of aryl methyl sites for hydroxylation is 1. The zero-order valence-corrected chi connectivity index (χ0v) is 9.13. The summed E-state index contributed by atoms with van der Waals surface area (Å²) in [7, 11) is 0. The van der Waals surface area contributed by atoms with Gasteiger partial charge in [-0.25, -0.2) is 9.97 Å². The van der Waals surface area contributed by atoms with Crippen LogP contribution in [-0.2, 0) is 6.42 Å². The van der Waals surface area contributed by atoms with Crippen molar-refractivity contribution in [2.24, 2.45) is 0 Å². The highest BCUT2D eigenvalue weighted by molar-refractivity contribution is 5.71. The molecule has 1 aliphatic rings. The standard InChI is InChI=1S/C12H15N3O/c16-8-2-4-11-14-10-3-1-7-13-12(10)15(11)9-5-6-9/h1,3,7,9,16H,2,4-6,8H2. The van der Waals surface area contributed by atoms with Gasteiger partial charge in [0, 0.05) is 25.3 Å². The Bertz CT molecular complexity index is 502. The minimum atomic E-state index is 0.224. The van der Waals surface area contributed by atoms with Gasteiger partial charge in [-0.15, -0.1) is 0 Å². The van der Waals surface area contributed by atoms with Crippen LogP contribution >= 0.6 is 0 Å². The first kappa shape index (κ1) is 9.78. The van der Waals surface area contributed by atoms with Crippen LogP contribution in [0.3, 0.4) is 0 Å². The first-order valence-corrected chi connectivity index (χ1v) is 5.83. The molecule has 2 aromatic rings. The molecule has 0 radical (unpaired) electrons. The summed E-state index contributed by atoms with van der Waals surface area (Å²) < 4.78 is 2.25. The Labute approximate surface area is 93.9 Å². The number of aliphatic hydroxyl groups excluding tert-OH is 1. The van der Waals surface area contributed by atoms with Crippen LogP contribution in [-0.4, -0.2) is 26.2 Å². The maximum absolute atomic E-state index is 8.89. The monoisotopic (exact) mass is 217 g/mol. The molecular weight excluding hydrogens is 202 g/mol. The van der Waals surface area contributed by atoms with Crippen LogP contribution < -0.4 is 0 Å². The zero-order chi connectivity index (χ0) is 11.0. The van der Waals surface area contributed by atoms with Crippen molar-refractivity contribution in [1.82, 2.24) is 14.5 Å². The fourth-order valence-corrected chi connectivity index (χ4v) is 2.11. The third-order valence-electron chi connectivity index (χ3n) is 2.99. The Morgan fingerprint density at radius 1 is 1.44 bits per heavy atom. The molecule has 1 saturated carbocycles. The van der Waals surface area contributed by atoms with Crippen molar-refractivity contribution in [1.29, 1.82) is 0 Å². The molecule has 3 rings (SSSR count). The van der Waals surface area contributed by atoms with Gasteiger partial charge >= 0.3 is 0 Å². The topological polar surface area (TPSA) is 50.9 Å². The summed E-state index contributed by atoms with van der Waals surface area (Å²) in [5.41, 5.74) is 1.97. The van der Waals surface area contributed by atoms with E-state index < -0.39 is 0 Å². The summed E-state index contributed by atoms with van der Waals surface area (Å²) in [5.74, 6) is 1.07. The van der Waals surface area contributed by atoms with Gasteiger partial charge in [-0.05, 0) is 31.4 Å². The lowest BCUT2D eigenvalue weighted by Crippen LogP contribution is -2.03. The van der Waals surface area contributed by atoms with Crippen molar-refractivity contribution in [2.75, 3.05) is 6.61 Å². The predicted molar refractivity (Wildman–Crippen MR) is 61.2 cm³/mol. The molecule has 0 amide bonds. The highest BCUT2D eigenvalue weighted by Crippen LogP contribution is 2.38. The van der Waals surface area contributed by atoms with Gasteiger partial charge in [-0.2, -0.15) is 0 Å². The van der Waals surface area contributed by atoms with Crippen molar-refractivity contribution in [2.45, 2.75) is 31.7 Å². The quantitative estimate of drug-likeness (QED) is 0.847. The number of aromatic nitrogens is 3. The summed E-state index contributed by atoms with van der Waals surface area (Å²) in [6.07, 6.45) is 5.89. The number of hydrogen-bond acceptors (Lipinski definition) is 3. The van der Waals surface area contributed by atoms with Gasteiger partial charge in [0.05, 0.1) is 0 Å². The highest BCUT2D eigenvalue weighted by atomic mass is 16.2. The van der Waals surface area contributed by atoms with Gasteiger partial charge in [0.25, 0.3) is 0 Å². The lowest BCUT2D eigenvalue weighted by atomic mass is 10.3. The van der Waals surface area contributed by atoms with Crippen LogP contribution in [0.15, 0.2) is 18.3 Å². The van der Waals surface area contributed by atoms with Crippen molar-refractivity contribution in [3.05, 3.63) is 24.2 Å². The number of imidazole rings is 1. The minimum Gasteiger partial charge on any atom is -0.396 e. The first-order chi connectivity index (χ1) is 7.90. The molecule has 1 aliphatic carbocycles. The molecule has 0 saturated heterocycles. The normalized spacial score (nSPS) is 15.8. The molecular formula is C12H15N3O. The third kappa shape index (κ3) is 1.59. The van der Waals surface area contributed by atoms with E-state index >= 15 is 0 Å². The van der Waals surface area contributed by atoms with Crippen molar-refractivity contribution in [3.63, 3.8) is 0 Å². The van der Waals surface area contributed by atoms with Crippen molar-refractivity contribution in [3.8, 4) is 0 Å². The molecule has 2 heterocycles. The molecule has 0 atom stereocenters. The van der Waals surface area contributed by atoms with Crippen LogP contribution in [0.5, 0.6) is 0 Å². The first-order valence-electron chi connectivity index (χ1n) is 5.83. The van der Waals surface area contributed by atoms with E-state index in [2.05, 4.69) is 14.5 Å². The van der Waals surface area contributed by atoms with Crippen LogP contribution in [0.25, 0.3) is 11.2 Å². The van der Waals surface area contributed by atoms with Crippen molar-refractivity contribution < 1.29 is 5.11 Å². The van der Waals surface area contributed by atoms with Crippen LogP contribution in [0.4, 0.5) is 0 Å². The molecule has 4 nitrogen and oxygen atoms in total. The largest absolute Gasteiger partial charge is 0.396 e. The van der Waals surface area contributed by atoms with E-state index in [0.29, 0.717) is 6.04 Å². The molecule has 0 aliphatic heterocycles. The van der Waals surface area contributed by atoms with Gasteiger partial charge in [0.1, 0.15) is 11.3 Å². The second-order valence-electron chi connectivity index (χ2n) is 4.30. The van der Waals surface area contributed by atoms with Gasteiger partial charge in [-0.1, -0.05) is 0 Å². The second kappa shape index (κ2) is 3.87. The van der Waals surface area contributed by atoms with E-state index in [0.717, 1.165) is 29.8 Å². The number of aliphatic hydroxyl groups is 1. The highest BCUT2D eigenvalue weighted by Gasteiger charge is 2.28. The molecule has 84 valence electrons. The number of fused-ring (bicyclic) bond motifs is 1. The average molecular weight is 217 g/mol. The number of rotatable bonds is 4. The maximum Gasteiger partial charge on any atom is 0.160 e. The molecule has 1 fully saturated rings. The lowest BCUT2D eigenvalue weighted by molar-refractivity contribution is 0.287. The SMILES string of the molecule is OCCCc1nc2cccnc2n1C1CC1. The minimum absolute atomic E-state index is 0.224. The molecule has 4 heteroatoms. The Morgan fingerprint density at radius 3 is 3.06 bits per heavy atom. The summed E-state index contributed by atoms with van der Waals surface area (Å²) in [4.78, 5) is 9.01.